The molecule has 1 N–H and O–H groups in total. The summed E-state index contributed by atoms with van der Waals surface area (Å²) in [5, 5.41) is 4.58. The molecule has 4 aromatic rings. The molecule has 0 fully saturated rings. The molecule has 0 saturated heterocycles. The number of nitrogens with one attached hydrogen (secondary N) is 1. The lowest BCUT2D eigenvalue weighted by molar-refractivity contribution is 1.15. The van der Waals surface area contributed by atoms with E-state index in [-0.39, 0.29) is 0 Å². The molecule has 102 valence electrons. The first kappa shape index (κ1) is 12.4. The van der Waals surface area contributed by atoms with E-state index >= 15 is 0 Å². The summed E-state index contributed by atoms with van der Waals surface area (Å²) in [7, 11) is 0. The van der Waals surface area contributed by atoms with Crippen LogP contribution in [-0.2, 0) is 6.42 Å². The van der Waals surface area contributed by atoms with Crippen molar-refractivity contribution in [3.8, 4) is 11.3 Å². The zero-order chi connectivity index (χ0) is 14.1. The lowest BCUT2D eigenvalue weighted by Gasteiger charge is -1.96. The van der Waals surface area contributed by atoms with E-state index in [1.54, 1.807) is 11.3 Å². The highest BCUT2D eigenvalue weighted by Crippen LogP contribution is 2.25. The fraction of sp³-hybridized carbons (Fsp3) is 0.0556. The molecule has 0 spiro atoms. The van der Waals surface area contributed by atoms with Crippen molar-refractivity contribution in [1.29, 1.82) is 0 Å². The number of hydrogen-bond acceptors (Lipinski definition) is 2. The van der Waals surface area contributed by atoms with Crippen LogP contribution < -0.4 is 0 Å². The van der Waals surface area contributed by atoms with Crippen LogP contribution in [0.5, 0.6) is 0 Å². The zero-order valence-electron chi connectivity index (χ0n) is 11.4. The van der Waals surface area contributed by atoms with Gasteiger partial charge >= 0.3 is 0 Å². The van der Waals surface area contributed by atoms with Crippen LogP contribution in [-0.4, -0.2) is 9.97 Å². The van der Waals surface area contributed by atoms with Gasteiger partial charge in [-0.15, -0.1) is 11.3 Å². The van der Waals surface area contributed by atoms with Crippen molar-refractivity contribution in [2.45, 2.75) is 6.42 Å². The average molecular weight is 290 g/mol. The van der Waals surface area contributed by atoms with Gasteiger partial charge in [0.1, 0.15) is 0 Å². The molecule has 0 atom stereocenters. The number of aromatic nitrogens is 2. The fourth-order valence-electron chi connectivity index (χ4n) is 2.57. The van der Waals surface area contributed by atoms with E-state index in [4.69, 9.17) is 4.98 Å². The van der Waals surface area contributed by atoms with Gasteiger partial charge < -0.3 is 4.98 Å². The maximum Gasteiger partial charge on any atom is 0.0977 e. The number of benzene rings is 2. The summed E-state index contributed by atoms with van der Waals surface area (Å²) in [6.07, 6.45) is 2.97. The minimum absolute atomic E-state index is 0.877. The molecule has 0 amide bonds. The van der Waals surface area contributed by atoms with E-state index in [0.29, 0.717) is 0 Å². The minimum Gasteiger partial charge on any atom is -0.361 e. The van der Waals surface area contributed by atoms with Crippen molar-refractivity contribution < 1.29 is 0 Å². The number of thiazole rings is 1. The second kappa shape index (κ2) is 5.19. The molecular weight excluding hydrogens is 276 g/mol. The first-order chi connectivity index (χ1) is 10.4. The molecule has 0 aliphatic heterocycles. The topological polar surface area (TPSA) is 28.7 Å². The summed E-state index contributed by atoms with van der Waals surface area (Å²) in [6, 6.07) is 18.7. The van der Waals surface area contributed by atoms with Gasteiger partial charge in [-0.1, -0.05) is 48.5 Å². The summed E-state index contributed by atoms with van der Waals surface area (Å²) in [4.78, 5) is 8.09. The second-order valence-electron chi connectivity index (χ2n) is 5.03. The molecular formula is C18H14N2S. The van der Waals surface area contributed by atoms with Crippen LogP contribution in [0.25, 0.3) is 22.2 Å². The predicted octanol–water partition coefficient (Wildman–Crippen LogP) is 4.88. The maximum absolute atomic E-state index is 4.77. The van der Waals surface area contributed by atoms with Gasteiger partial charge in [0.25, 0.3) is 0 Å². The Bertz CT molecular complexity index is 874. The van der Waals surface area contributed by atoms with Gasteiger partial charge in [-0.05, 0) is 11.6 Å². The SMILES string of the molecule is c1ccc(-c2csc(Cc3c[nH]c4ccccc34)n2)cc1. The first-order valence-electron chi connectivity index (χ1n) is 6.95. The van der Waals surface area contributed by atoms with Gasteiger partial charge in [-0.3, -0.25) is 0 Å². The summed E-state index contributed by atoms with van der Waals surface area (Å²) < 4.78 is 0. The van der Waals surface area contributed by atoms with Gasteiger partial charge in [-0.25, -0.2) is 4.98 Å². The van der Waals surface area contributed by atoms with Gasteiger partial charge in [-0.2, -0.15) is 0 Å². The third-order valence-corrected chi connectivity index (χ3v) is 4.49. The molecule has 0 saturated carbocycles. The summed E-state index contributed by atoms with van der Waals surface area (Å²) in [5.74, 6) is 0. The number of H-pyrrole nitrogens is 1. The summed E-state index contributed by atoms with van der Waals surface area (Å²) in [5.41, 5.74) is 4.74. The number of nitrogens with zero attached hydrogens (tertiary/aromatic N) is 1. The Morgan fingerprint density at radius 3 is 2.67 bits per heavy atom. The van der Waals surface area contributed by atoms with Crippen LogP contribution in [0.4, 0.5) is 0 Å². The molecule has 0 unspecified atom stereocenters. The standard InChI is InChI=1S/C18H14N2S/c1-2-6-13(7-3-1)17-12-21-18(20-17)10-14-11-19-16-9-5-4-8-15(14)16/h1-9,11-12,19H,10H2. The van der Waals surface area contributed by atoms with Crippen molar-refractivity contribution in [2.75, 3.05) is 0 Å². The quantitative estimate of drug-likeness (QED) is 0.572. The summed E-state index contributed by atoms with van der Waals surface area (Å²) >= 11 is 1.73. The Hall–Kier alpha value is -2.39. The molecule has 2 aromatic heterocycles. The van der Waals surface area contributed by atoms with E-state index in [1.165, 1.54) is 22.0 Å². The number of aromatic amines is 1. The molecule has 0 bridgehead atoms. The average Bonchev–Trinajstić information content (AvgIpc) is 3.17. The first-order valence-corrected chi connectivity index (χ1v) is 7.83. The van der Waals surface area contributed by atoms with Gasteiger partial charge in [0.15, 0.2) is 0 Å². The lowest BCUT2D eigenvalue weighted by atomic mass is 10.1. The highest BCUT2D eigenvalue weighted by molar-refractivity contribution is 7.10. The molecule has 0 radical (unpaired) electrons. The molecule has 3 heteroatoms. The van der Waals surface area contributed by atoms with Crippen LogP contribution in [0.15, 0.2) is 66.2 Å². The molecule has 0 aliphatic rings. The maximum atomic E-state index is 4.77. The molecule has 0 aliphatic carbocycles. The van der Waals surface area contributed by atoms with E-state index in [9.17, 15) is 0 Å². The van der Waals surface area contributed by atoms with Crippen molar-refractivity contribution in [3.05, 3.63) is 76.7 Å². The van der Waals surface area contributed by atoms with Crippen molar-refractivity contribution in [3.63, 3.8) is 0 Å². The van der Waals surface area contributed by atoms with Crippen molar-refractivity contribution >= 4 is 22.2 Å². The van der Waals surface area contributed by atoms with Crippen LogP contribution in [0.2, 0.25) is 0 Å². The predicted molar refractivity (Wildman–Crippen MR) is 88.7 cm³/mol. The largest absolute Gasteiger partial charge is 0.361 e. The number of hydrogen-bond donors (Lipinski definition) is 1. The van der Waals surface area contributed by atoms with Crippen LogP contribution >= 0.6 is 11.3 Å². The lowest BCUT2D eigenvalue weighted by Crippen LogP contribution is -1.86. The van der Waals surface area contributed by atoms with Crippen LogP contribution in [0.1, 0.15) is 10.6 Å². The van der Waals surface area contributed by atoms with Crippen molar-refractivity contribution in [1.82, 2.24) is 9.97 Å². The Labute approximate surface area is 127 Å². The molecule has 2 heterocycles. The monoisotopic (exact) mass is 290 g/mol. The fourth-order valence-corrected chi connectivity index (χ4v) is 3.40. The third kappa shape index (κ3) is 2.36. The minimum atomic E-state index is 0.877. The highest BCUT2D eigenvalue weighted by Gasteiger charge is 2.08. The number of fused-ring (bicyclic) bond motifs is 1. The van der Waals surface area contributed by atoms with Crippen LogP contribution in [0.3, 0.4) is 0 Å². The number of para-hydroxylation sites is 1. The van der Waals surface area contributed by atoms with Gasteiger partial charge in [0, 0.05) is 34.5 Å². The van der Waals surface area contributed by atoms with E-state index in [0.717, 1.165) is 17.1 Å². The highest BCUT2D eigenvalue weighted by atomic mass is 32.1. The van der Waals surface area contributed by atoms with Crippen LogP contribution in [0, 0.1) is 0 Å². The molecule has 21 heavy (non-hydrogen) atoms. The molecule has 2 aromatic carbocycles. The van der Waals surface area contributed by atoms with Gasteiger partial charge in [0.2, 0.25) is 0 Å². The molecule has 4 rings (SSSR count). The Morgan fingerprint density at radius 1 is 0.952 bits per heavy atom. The zero-order valence-corrected chi connectivity index (χ0v) is 12.2. The third-order valence-electron chi connectivity index (χ3n) is 3.64. The second-order valence-corrected chi connectivity index (χ2v) is 5.97. The smallest absolute Gasteiger partial charge is 0.0977 e. The van der Waals surface area contributed by atoms with E-state index < -0.39 is 0 Å². The molecule has 2 nitrogen and oxygen atoms in total. The Kier molecular flexibility index (Phi) is 3.05. The normalized spacial score (nSPS) is 11.0. The Morgan fingerprint density at radius 2 is 1.76 bits per heavy atom. The van der Waals surface area contributed by atoms with E-state index in [1.807, 2.05) is 18.2 Å². The van der Waals surface area contributed by atoms with E-state index in [2.05, 4.69) is 53.0 Å². The van der Waals surface area contributed by atoms with Gasteiger partial charge in [0.05, 0.1) is 10.7 Å². The number of rotatable bonds is 3. The Balaban J connectivity index is 1.65. The van der Waals surface area contributed by atoms with Crippen molar-refractivity contribution in [2.24, 2.45) is 0 Å². The summed E-state index contributed by atoms with van der Waals surface area (Å²) in [6.45, 7) is 0.